The fraction of sp³-hybridized carbons (Fsp3) is 0.226. The molecule has 0 radical (unpaired) electrons. The van der Waals surface area contributed by atoms with Crippen LogP contribution in [0.3, 0.4) is 0 Å². The molecule has 4 aromatic rings. The van der Waals surface area contributed by atoms with Crippen LogP contribution in [0.25, 0.3) is 0 Å². The van der Waals surface area contributed by atoms with Gasteiger partial charge >= 0.3 is 0 Å². The van der Waals surface area contributed by atoms with Crippen LogP contribution in [-0.4, -0.2) is 5.54 Å². The molecule has 4 aromatic carbocycles. The van der Waals surface area contributed by atoms with Gasteiger partial charge in [0.2, 0.25) is 0 Å². The van der Waals surface area contributed by atoms with E-state index in [0.717, 1.165) is 34.9 Å². The first-order valence-corrected chi connectivity index (χ1v) is 11.8. The predicted molar refractivity (Wildman–Crippen MR) is 140 cm³/mol. The van der Waals surface area contributed by atoms with Crippen molar-refractivity contribution in [3.05, 3.63) is 126 Å². The van der Waals surface area contributed by atoms with Crippen molar-refractivity contribution in [2.24, 2.45) is 0 Å². The molecule has 0 amide bonds. The fourth-order valence-corrected chi connectivity index (χ4v) is 3.85. The van der Waals surface area contributed by atoms with Gasteiger partial charge in [-0.1, -0.05) is 91.0 Å². The zero-order chi connectivity index (χ0) is 23.8. The summed E-state index contributed by atoms with van der Waals surface area (Å²) in [5.41, 5.74) is 4.48. The van der Waals surface area contributed by atoms with Gasteiger partial charge in [-0.3, -0.25) is 0 Å². The summed E-state index contributed by atoms with van der Waals surface area (Å²) in [7, 11) is 0. The van der Waals surface area contributed by atoms with Gasteiger partial charge < -0.3 is 14.4 Å². The second-order valence-electron chi connectivity index (χ2n) is 9.42. The van der Waals surface area contributed by atoms with E-state index in [2.05, 4.69) is 86.3 Å². The van der Waals surface area contributed by atoms with Crippen LogP contribution in [0.15, 0.2) is 109 Å². The SMILES string of the molecule is CC(C)(C)N(Cc1ccccc1)c1ccc(OCc2ccccc2)cc1OCc1ccccc1. The van der Waals surface area contributed by atoms with Crippen LogP contribution in [0.5, 0.6) is 11.5 Å². The van der Waals surface area contributed by atoms with Gasteiger partial charge in [0.25, 0.3) is 0 Å². The number of benzene rings is 4. The topological polar surface area (TPSA) is 21.7 Å². The summed E-state index contributed by atoms with van der Waals surface area (Å²) in [6.45, 7) is 8.51. The highest BCUT2D eigenvalue weighted by atomic mass is 16.5. The molecule has 0 aliphatic rings. The Bertz CT molecular complexity index is 1150. The highest BCUT2D eigenvalue weighted by Crippen LogP contribution is 2.38. The molecule has 0 spiro atoms. The van der Waals surface area contributed by atoms with Crippen molar-refractivity contribution >= 4 is 5.69 Å². The van der Waals surface area contributed by atoms with Crippen molar-refractivity contribution in [3.63, 3.8) is 0 Å². The lowest BCUT2D eigenvalue weighted by atomic mass is 10.0. The summed E-state index contributed by atoms with van der Waals surface area (Å²) in [5.74, 6) is 1.62. The smallest absolute Gasteiger partial charge is 0.146 e. The molecule has 0 saturated heterocycles. The zero-order valence-electron chi connectivity index (χ0n) is 20.3. The maximum absolute atomic E-state index is 6.41. The number of rotatable bonds is 9. The molecule has 0 unspecified atom stereocenters. The summed E-state index contributed by atoms with van der Waals surface area (Å²) in [6.07, 6.45) is 0. The number of hydrogen-bond donors (Lipinski definition) is 0. The molecule has 34 heavy (non-hydrogen) atoms. The number of nitrogens with zero attached hydrogens (tertiary/aromatic N) is 1. The van der Waals surface area contributed by atoms with Crippen LogP contribution in [0, 0.1) is 0 Å². The largest absolute Gasteiger partial charge is 0.489 e. The maximum atomic E-state index is 6.41. The molecule has 0 fully saturated rings. The minimum atomic E-state index is -0.104. The maximum Gasteiger partial charge on any atom is 0.146 e. The Kier molecular flexibility index (Phi) is 7.54. The lowest BCUT2D eigenvalue weighted by Crippen LogP contribution is -2.41. The highest BCUT2D eigenvalue weighted by Gasteiger charge is 2.25. The number of hydrogen-bond acceptors (Lipinski definition) is 3. The molecule has 3 heteroatoms. The number of ether oxygens (including phenoxy) is 2. The summed E-state index contributed by atoms with van der Waals surface area (Å²) >= 11 is 0. The van der Waals surface area contributed by atoms with E-state index in [1.54, 1.807) is 0 Å². The molecular weight excluding hydrogens is 418 g/mol. The van der Waals surface area contributed by atoms with E-state index in [1.807, 2.05) is 48.5 Å². The standard InChI is InChI=1S/C31H33NO2/c1-31(2,3)32(22-25-13-7-4-8-14-25)29-20-19-28(33-23-26-15-9-5-10-16-26)21-30(29)34-24-27-17-11-6-12-18-27/h4-21H,22-24H2,1-3H3. The zero-order valence-corrected chi connectivity index (χ0v) is 20.3. The summed E-state index contributed by atoms with van der Waals surface area (Å²) in [5, 5.41) is 0. The van der Waals surface area contributed by atoms with Gasteiger partial charge in [-0.2, -0.15) is 0 Å². The Morgan fingerprint density at radius 1 is 0.588 bits per heavy atom. The van der Waals surface area contributed by atoms with E-state index in [1.165, 1.54) is 5.56 Å². The fourth-order valence-electron chi connectivity index (χ4n) is 3.85. The van der Waals surface area contributed by atoms with E-state index in [0.29, 0.717) is 13.2 Å². The van der Waals surface area contributed by atoms with Crippen molar-refractivity contribution in [1.29, 1.82) is 0 Å². The number of anilines is 1. The quantitative estimate of drug-likeness (QED) is 0.261. The average Bonchev–Trinajstić information content (AvgIpc) is 2.86. The van der Waals surface area contributed by atoms with Crippen LogP contribution >= 0.6 is 0 Å². The van der Waals surface area contributed by atoms with Crippen molar-refractivity contribution in [1.82, 2.24) is 0 Å². The molecule has 4 rings (SSSR count). The lowest BCUT2D eigenvalue weighted by molar-refractivity contribution is 0.289. The Morgan fingerprint density at radius 2 is 1.09 bits per heavy atom. The lowest BCUT2D eigenvalue weighted by Gasteiger charge is -2.39. The van der Waals surface area contributed by atoms with Gasteiger partial charge in [-0.05, 0) is 49.6 Å². The highest BCUT2D eigenvalue weighted by molar-refractivity contribution is 5.62. The molecule has 0 aromatic heterocycles. The first-order chi connectivity index (χ1) is 16.5. The van der Waals surface area contributed by atoms with E-state index < -0.39 is 0 Å². The summed E-state index contributed by atoms with van der Waals surface area (Å²) in [6, 6.07) is 37.2. The van der Waals surface area contributed by atoms with E-state index in [-0.39, 0.29) is 5.54 Å². The molecule has 0 aliphatic carbocycles. The average molecular weight is 452 g/mol. The molecule has 0 heterocycles. The first-order valence-electron chi connectivity index (χ1n) is 11.8. The Hall–Kier alpha value is -3.72. The van der Waals surface area contributed by atoms with Crippen molar-refractivity contribution < 1.29 is 9.47 Å². The van der Waals surface area contributed by atoms with Gasteiger partial charge in [-0.15, -0.1) is 0 Å². The molecule has 0 atom stereocenters. The minimum Gasteiger partial charge on any atom is -0.489 e. The normalized spacial score (nSPS) is 11.1. The van der Waals surface area contributed by atoms with E-state index in [9.17, 15) is 0 Å². The third kappa shape index (κ3) is 6.41. The third-order valence-corrected chi connectivity index (χ3v) is 5.70. The van der Waals surface area contributed by atoms with Gasteiger partial charge in [0.15, 0.2) is 0 Å². The summed E-state index contributed by atoms with van der Waals surface area (Å²) in [4.78, 5) is 2.39. The summed E-state index contributed by atoms with van der Waals surface area (Å²) < 4.78 is 12.5. The molecule has 3 nitrogen and oxygen atoms in total. The van der Waals surface area contributed by atoms with Crippen molar-refractivity contribution in [2.45, 2.75) is 46.1 Å². The van der Waals surface area contributed by atoms with Crippen LogP contribution < -0.4 is 14.4 Å². The van der Waals surface area contributed by atoms with Gasteiger partial charge in [-0.25, -0.2) is 0 Å². The van der Waals surface area contributed by atoms with Crippen molar-refractivity contribution in [3.8, 4) is 11.5 Å². The Balaban J connectivity index is 1.63. The van der Waals surface area contributed by atoms with Crippen LogP contribution in [0.4, 0.5) is 5.69 Å². The monoisotopic (exact) mass is 451 g/mol. The Morgan fingerprint density at radius 3 is 1.62 bits per heavy atom. The molecule has 174 valence electrons. The second-order valence-corrected chi connectivity index (χ2v) is 9.42. The van der Waals surface area contributed by atoms with Crippen LogP contribution in [-0.2, 0) is 19.8 Å². The van der Waals surface area contributed by atoms with Gasteiger partial charge in [0, 0.05) is 18.2 Å². The molecule has 0 aliphatic heterocycles. The predicted octanol–water partition coefficient (Wildman–Crippen LogP) is 7.65. The third-order valence-electron chi connectivity index (χ3n) is 5.70. The Labute approximate surface area is 203 Å². The van der Waals surface area contributed by atoms with Crippen LogP contribution in [0.1, 0.15) is 37.5 Å². The van der Waals surface area contributed by atoms with E-state index >= 15 is 0 Å². The van der Waals surface area contributed by atoms with E-state index in [4.69, 9.17) is 9.47 Å². The van der Waals surface area contributed by atoms with Crippen molar-refractivity contribution in [2.75, 3.05) is 4.90 Å². The second kappa shape index (κ2) is 10.9. The molecular formula is C31H33NO2. The minimum absolute atomic E-state index is 0.104. The molecule has 0 N–H and O–H groups in total. The van der Waals surface area contributed by atoms with Crippen LogP contribution in [0.2, 0.25) is 0 Å². The molecule has 0 saturated carbocycles. The van der Waals surface area contributed by atoms with Gasteiger partial charge in [0.1, 0.15) is 24.7 Å². The first kappa shape index (κ1) is 23.4. The van der Waals surface area contributed by atoms with Gasteiger partial charge in [0.05, 0.1) is 5.69 Å². The molecule has 0 bridgehead atoms.